The summed E-state index contributed by atoms with van der Waals surface area (Å²) in [5.41, 5.74) is 2.28. The zero-order chi connectivity index (χ0) is 24.5. The SMILES string of the molecule is CCc1c(C(=O)NC2(CO)CCCC2)n(C)c2cc(CC)n(CC(=O)c3ccccc3)c(=O)c12. The zero-order valence-corrected chi connectivity index (χ0v) is 20.2. The molecule has 2 heterocycles. The maximum absolute atomic E-state index is 13.7. The van der Waals surface area contributed by atoms with Crippen LogP contribution in [0.15, 0.2) is 41.2 Å². The highest BCUT2D eigenvalue weighted by molar-refractivity contribution is 6.02. The van der Waals surface area contributed by atoms with Crippen LogP contribution in [-0.2, 0) is 26.4 Å². The first-order chi connectivity index (χ1) is 16.4. The summed E-state index contributed by atoms with van der Waals surface area (Å²) in [6.45, 7) is 3.73. The predicted octanol–water partition coefficient (Wildman–Crippen LogP) is 3.38. The minimum atomic E-state index is -0.602. The van der Waals surface area contributed by atoms with Gasteiger partial charge < -0.3 is 19.6 Å². The number of amides is 1. The molecule has 7 nitrogen and oxygen atoms in total. The Morgan fingerprint density at radius 1 is 1.09 bits per heavy atom. The number of rotatable bonds is 8. The molecular formula is C27H33N3O4. The first-order valence-corrected chi connectivity index (χ1v) is 12.1. The van der Waals surface area contributed by atoms with Crippen molar-refractivity contribution in [2.75, 3.05) is 6.61 Å². The molecule has 1 fully saturated rings. The van der Waals surface area contributed by atoms with Crippen molar-refractivity contribution in [3.05, 3.63) is 69.3 Å². The van der Waals surface area contributed by atoms with Crippen molar-refractivity contribution in [2.45, 2.75) is 64.5 Å². The zero-order valence-electron chi connectivity index (χ0n) is 20.2. The van der Waals surface area contributed by atoms with Gasteiger partial charge in [-0.05, 0) is 37.3 Å². The van der Waals surface area contributed by atoms with Crippen molar-refractivity contribution >= 4 is 22.6 Å². The van der Waals surface area contributed by atoms with Crippen LogP contribution in [0.2, 0.25) is 0 Å². The van der Waals surface area contributed by atoms with Crippen molar-refractivity contribution in [3.8, 4) is 0 Å². The highest BCUT2D eigenvalue weighted by atomic mass is 16.3. The number of fused-ring (bicyclic) bond motifs is 1. The molecule has 1 aliphatic carbocycles. The van der Waals surface area contributed by atoms with Gasteiger partial charge in [0, 0.05) is 18.3 Å². The molecule has 4 rings (SSSR count). The highest BCUT2D eigenvalue weighted by Gasteiger charge is 2.36. The molecule has 0 spiro atoms. The molecule has 0 atom stereocenters. The Morgan fingerprint density at radius 3 is 2.35 bits per heavy atom. The van der Waals surface area contributed by atoms with E-state index in [1.807, 2.05) is 26.0 Å². The van der Waals surface area contributed by atoms with E-state index in [4.69, 9.17) is 0 Å². The van der Waals surface area contributed by atoms with Crippen molar-refractivity contribution in [1.82, 2.24) is 14.5 Å². The molecule has 7 heteroatoms. The van der Waals surface area contributed by atoms with Crippen molar-refractivity contribution < 1.29 is 14.7 Å². The van der Waals surface area contributed by atoms with Gasteiger partial charge >= 0.3 is 0 Å². The monoisotopic (exact) mass is 463 g/mol. The summed E-state index contributed by atoms with van der Waals surface area (Å²) in [6, 6.07) is 10.9. The van der Waals surface area contributed by atoms with Crippen LogP contribution in [-0.4, -0.2) is 38.1 Å². The fourth-order valence-corrected chi connectivity index (χ4v) is 5.31. The second kappa shape index (κ2) is 9.58. The van der Waals surface area contributed by atoms with Gasteiger partial charge in [-0.2, -0.15) is 0 Å². The van der Waals surface area contributed by atoms with Crippen LogP contribution in [0.25, 0.3) is 10.9 Å². The van der Waals surface area contributed by atoms with E-state index in [0.29, 0.717) is 40.6 Å². The van der Waals surface area contributed by atoms with Crippen molar-refractivity contribution in [1.29, 1.82) is 0 Å². The van der Waals surface area contributed by atoms with E-state index in [1.54, 1.807) is 40.4 Å². The number of aromatic nitrogens is 2. The molecule has 2 aromatic heterocycles. The van der Waals surface area contributed by atoms with E-state index in [1.165, 1.54) is 0 Å². The number of hydrogen-bond donors (Lipinski definition) is 2. The molecule has 0 aliphatic heterocycles. The molecule has 3 aromatic rings. The van der Waals surface area contributed by atoms with Crippen molar-refractivity contribution in [3.63, 3.8) is 0 Å². The number of ketones is 1. The number of Topliss-reactive ketones (excluding diaryl/α,β-unsaturated/α-hetero) is 1. The highest BCUT2D eigenvalue weighted by Crippen LogP contribution is 2.31. The lowest BCUT2D eigenvalue weighted by Gasteiger charge is -2.28. The quantitative estimate of drug-likeness (QED) is 0.501. The number of carbonyl (C=O) groups excluding carboxylic acids is 2. The molecular weight excluding hydrogens is 430 g/mol. The maximum atomic E-state index is 13.7. The molecule has 1 amide bonds. The lowest BCUT2D eigenvalue weighted by atomic mass is 9.98. The number of aliphatic hydroxyl groups is 1. The number of nitrogens with zero attached hydrogens (tertiary/aromatic N) is 2. The molecule has 1 aromatic carbocycles. The average Bonchev–Trinajstić information content (AvgIpc) is 3.43. The number of pyridine rings is 1. The third-order valence-corrected chi connectivity index (χ3v) is 7.22. The number of aliphatic hydroxyl groups excluding tert-OH is 1. The molecule has 0 radical (unpaired) electrons. The normalized spacial score (nSPS) is 15.1. The lowest BCUT2D eigenvalue weighted by Crippen LogP contribution is -2.49. The molecule has 0 unspecified atom stereocenters. The van der Waals surface area contributed by atoms with Crippen LogP contribution in [0.4, 0.5) is 0 Å². The topological polar surface area (TPSA) is 93.3 Å². The Kier molecular flexibility index (Phi) is 6.75. The molecule has 2 N–H and O–H groups in total. The molecule has 0 bridgehead atoms. The smallest absolute Gasteiger partial charge is 0.268 e. The number of nitrogens with one attached hydrogen (secondary N) is 1. The Hall–Kier alpha value is -3.19. The summed E-state index contributed by atoms with van der Waals surface area (Å²) in [7, 11) is 1.80. The Labute approximate surface area is 199 Å². The fraction of sp³-hybridized carbons (Fsp3) is 0.444. The summed E-state index contributed by atoms with van der Waals surface area (Å²) >= 11 is 0. The predicted molar refractivity (Wildman–Crippen MR) is 132 cm³/mol. The Morgan fingerprint density at radius 2 is 1.76 bits per heavy atom. The van der Waals surface area contributed by atoms with Gasteiger partial charge in [0.25, 0.3) is 11.5 Å². The summed E-state index contributed by atoms with van der Waals surface area (Å²) < 4.78 is 3.33. The van der Waals surface area contributed by atoms with Crippen LogP contribution in [0.3, 0.4) is 0 Å². The van der Waals surface area contributed by atoms with Gasteiger partial charge in [0.15, 0.2) is 5.78 Å². The third-order valence-electron chi connectivity index (χ3n) is 7.22. The van der Waals surface area contributed by atoms with Gasteiger partial charge in [0.1, 0.15) is 5.69 Å². The van der Waals surface area contributed by atoms with E-state index in [-0.39, 0.29) is 30.4 Å². The van der Waals surface area contributed by atoms with Gasteiger partial charge in [-0.1, -0.05) is 57.0 Å². The second-order valence-electron chi connectivity index (χ2n) is 9.27. The van der Waals surface area contributed by atoms with Crippen LogP contribution >= 0.6 is 0 Å². The molecule has 180 valence electrons. The van der Waals surface area contributed by atoms with E-state index in [0.717, 1.165) is 31.4 Å². The van der Waals surface area contributed by atoms with Crippen molar-refractivity contribution in [2.24, 2.45) is 7.05 Å². The van der Waals surface area contributed by atoms with E-state index >= 15 is 0 Å². The number of benzene rings is 1. The summed E-state index contributed by atoms with van der Waals surface area (Å²) in [5.74, 6) is -0.398. The standard InChI is InChI=1S/C27H33N3O4/c1-4-19-15-21-23(26(34)30(19)16-22(32)18-11-7-6-8-12-18)20(5-2)24(29(21)3)25(33)28-27(17-31)13-9-10-14-27/h6-8,11-12,15,31H,4-5,9-10,13-14,16-17H2,1-3H3,(H,28,33). The average molecular weight is 464 g/mol. The number of aryl methyl sites for hydroxylation is 3. The van der Waals surface area contributed by atoms with Gasteiger partial charge in [0.05, 0.1) is 29.6 Å². The van der Waals surface area contributed by atoms with Crippen LogP contribution in [0, 0.1) is 0 Å². The minimum absolute atomic E-state index is 0.0465. The van der Waals surface area contributed by atoms with Gasteiger partial charge in [-0.15, -0.1) is 0 Å². The molecule has 34 heavy (non-hydrogen) atoms. The van der Waals surface area contributed by atoms with Crippen LogP contribution in [0.5, 0.6) is 0 Å². The van der Waals surface area contributed by atoms with E-state index in [9.17, 15) is 19.5 Å². The van der Waals surface area contributed by atoms with E-state index < -0.39 is 5.54 Å². The van der Waals surface area contributed by atoms with E-state index in [2.05, 4.69) is 5.32 Å². The fourth-order valence-electron chi connectivity index (χ4n) is 5.31. The van der Waals surface area contributed by atoms with Crippen LogP contribution in [0.1, 0.15) is 71.6 Å². The minimum Gasteiger partial charge on any atom is -0.394 e. The Bertz CT molecular complexity index is 1280. The molecule has 0 saturated heterocycles. The molecule has 1 saturated carbocycles. The Balaban J connectivity index is 1.82. The summed E-state index contributed by atoms with van der Waals surface area (Å²) in [6.07, 6.45) is 4.51. The number of hydrogen-bond acceptors (Lipinski definition) is 4. The van der Waals surface area contributed by atoms with Gasteiger partial charge in [-0.3, -0.25) is 14.4 Å². The van der Waals surface area contributed by atoms with Crippen LogP contribution < -0.4 is 10.9 Å². The van der Waals surface area contributed by atoms with Gasteiger partial charge in [0.2, 0.25) is 0 Å². The summed E-state index contributed by atoms with van der Waals surface area (Å²) in [5, 5.41) is 13.5. The first kappa shape index (κ1) is 24.0. The third kappa shape index (κ3) is 4.09. The number of carbonyl (C=O) groups is 2. The largest absolute Gasteiger partial charge is 0.394 e. The summed E-state index contributed by atoms with van der Waals surface area (Å²) in [4.78, 5) is 40.1. The lowest BCUT2D eigenvalue weighted by molar-refractivity contribution is 0.0829. The molecule has 1 aliphatic rings. The second-order valence-corrected chi connectivity index (χ2v) is 9.27. The first-order valence-electron chi connectivity index (χ1n) is 12.1. The van der Waals surface area contributed by atoms with Gasteiger partial charge in [-0.25, -0.2) is 0 Å². The maximum Gasteiger partial charge on any atom is 0.268 e.